The number of nitrogens with one attached hydrogen (secondary N) is 1. The van der Waals surface area contributed by atoms with Crippen LogP contribution >= 0.6 is 11.3 Å². The molecule has 0 bridgehead atoms. The molecule has 0 spiro atoms. The van der Waals surface area contributed by atoms with E-state index in [0.717, 1.165) is 0 Å². The molecule has 0 aliphatic heterocycles. The van der Waals surface area contributed by atoms with Gasteiger partial charge in [0.1, 0.15) is 16.6 Å². The molecule has 0 unspecified atom stereocenters. The molecule has 0 aliphatic carbocycles. The Morgan fingerprint density at radius 1 is 1.50 bits per heavy atom. The molecule has 0 radical (unpaired) electrons. The lowest BCUT2D eigenvalue weighted by Crippen LogP contribution is -2.11. The quantitative estimate of drug-likeness (QED) is 0.608. The number of sulfone groups is 1. The topological polar surface area (TPSA) is 96.9 Å². The molecule has 1 aromatic rings. The summed E-state index contributed by atoms with van der Waals surface area (Å²) in [6, 6.07) is 0. The van der Waals surface area contributed by atoms with E-state index < -0.39 is 9.84 Å². The maximum atomic E-state index is 11.4. The largest absolute Gasteiger partial charge is 0.383 e. The molecule has 0 amide bonds. The van der Waals surface area contributed by atoms with Crippen LogP contribution < -0.4 is 5.73 Å². The van der Waals surface area contributed by atoms with Gasteiger partial charge in [-0.1, -0.05) is 13.8 Å². The molecule has 0 aliphatic rings. The van der Waals surface area contributed by atoms with Gasteiger partial charge < -0.3 is 5.73 Å². The number of aryl methyl sites for hydroxylation is 1. The number of nitrogens with two attached hydrogens (primary N) is 1. The van der Waals surface area contributed by atoms with Crippen LogP contribution in [0.25, 0.3) is 0 Å². The summed E-state index contributed by atoms with van der Waals surface area (Å²) in [5.41, 5.74) is 6.11. The van der Waals surface area contributed by atoms with E-state index in [1.54, 1.807) is 6.92 Å². The Labute approximate surface area is 99.1 Å². The molecule has 0 saturated carbocycles. The Morgan fingerprint density at radius 2 is 2.12 bits per heavy atom. The predicted molar refractivity (Wildman–Crippen MR) is 65.7 cm³/mol. The molecular weight excluding hydrogens is 246 g/mol. The lowest BCUT2D eigenvalue weighted by molar-refractivity contribution is 0.596. The number of hydrogen-bond donors (Lipinski definition) is 2. The first-order valence-corrected chi connectivity index (χ1v) is 7.56. The fourth-order valence-corrected chi connectivity index (χ4v) is 3.43. The highest BCUT2D eigenvalue weighted by Gasteiger charge is 2.16. The maximum absolute atomic E-state index is 11.4. The van der Waals surface area contributed by atoms with Crippen LogP contribution in [0.4, 0.5) is 0 Å². The van der Waals surface area contributed by atoms with Gasteiger partial charge in [0.05, 0.1) is 10.6 Å². The minimum atomic E-state index is -3.07. The van der Waals surface area contributed by atoms with Crippen molar-refractivity contribution >= 4 is 27.0 Å². The van der Waals surface area contributed by atoms with Crippen molar-refractivity contribution in [2.75, 3.05) is 5.75 Å². The zero-order chi connectivity index (χ0) is 12.3. The van der Waals surface area contributed by atoms with Gasteiger partial charge in [0.25, 0.3) is 0 Å². The summed E-state index contributed by atoms with van der Waals surface area (Å²) in [6.07, 6.45) is 0.650. The molecule has 0 aromatic carbocycles. The Morgan fingerprint density at radius 3 is 2.50 bits per heavy atom. The summed E-state index contributed by atoms with van der Waals surface area (Å²) in [7, 11) is -3.07. The minimum absolute atomic E-state index is 0.0468. The average Bonchev–Trinajstić information content (AvgIpc) is 2.60. The Balaban J connectivity index is 3.05. The SMILES string of the molecule is CCc1nc(CS(=O)(=O)CC)sc1C(=N)N. The van der Waals surface area contributed by atoms with E-state index in [-0.39, 0.29) is 17.3 Å². The first kappa shape index (κ1) is 13.1. The lowest BCUT2D eigenvalue weighted by atomic mass is 10.3. The van der Waals surface area contributed by atoms with Gasteiger partial charge in [-0.25, -0.2) is 13.4 Å². The van der Waals surface area contributed by atoms with Crippen LogP contribution in [-0.2, 0) is 22.0 Å². The molecule has 1 heterocycles. The van der Waals surface area contributed by atoms with Crippen LogP contribution in [0.2, 0.25) is 0 Å². The number of rotatable bonds is 5. The van der Waals surface area contributed by atoms with E-state index in [0.29, 0.717) is 22.0 Å². The molecule has 90 valence electrons. The second-order valence-electron chi connectivity index (χ2n) is 3.33. The first-order chi connectivity index (χ1) is 7.39. The van der Waals surface area contributed by atoms with Crippen molar-refractivity contribution in [1.29, 1.82) is 5.41 Å². The van der Waals surface area contributed by atoms with Crippen molar-refractivity contribution < 1.29 is 8.42 Å². The Hall–Kier alpha value is -0.950. The van der Waals surface area contributed by atoms with Gasteiger partial charge in [-0.15, -0.1) is 11.3 Å². The summed E-state index contributed by atoms with van der Waals surface area (Å²) in [5.74, 6) is -0.00719. The highest BCUT2D eigenvalue weighted by atomic mass is 32.2. The van der Waals surface area contributed by atoms with Gasteiger partial charge >= 0.3 is 0 Å². The van der Waals surface area contributed by atoms with Gasteiger partial charge in [0.15, 0.2) is 9.84 Å². The second kappa shape index (κ2) is 4.92. The third kappa shape index (κ3) is 3.02. The van der Waals surface area contributed by atoms with E-state index in [4.69, 9.17) is 11.1 Å². The van der Waals surface area contributed by atoms with E-state index >= 15 is 0 Å². The fraction of sp³-hybridized carbons (Fsp3) is 0.556. The zero-order valence-electron chi connectivity index (χ0n) is 9.28. The summed E-state index contributed by atoms with van der Waals surface area (Å²) in [6.45, 7) is 3.51. The number of hydrogen-bond acceptors (Lipinski definition) is 5. The second-order valence-corrected chi connectivity index (χ2v) is 6.76. The molecular formula is C9H15N3O2S2. The minimum Gasteiger partial charge on any atom is -0.383 e. The zero-order valence-corrected chi connectivity index (χ0v) is 10.9. The fourth-order valence-electron chi connectivity index (χ4n) is 1.20. The van der Waals surface area contributed by atoms with Crippen LogP contribution in [-0.4, -0.2) is 25.0 Å². The van der Waals surface area contributed by atoms with Gasteiger partial charge in [-0.2, -0.15) is 0 Å². The molecule has 7 heteroatoms. The molecule has 0 saturated heterocycles. The van der Waals surface area contributed by atoms with E-state index in [1.807, 2.05) is 6.92 Å². The van der Waals surface area contributed by atoms with Gasteiger partial charge in [-0.3, -0.25) is 5.41 Å². The average molecular weight is 261 g/mol. The Bertz CT molecular complexity index is 491. The number of nitrogens with zero attached hydrogens (tertiary/aromatic N) is 1. The summed E-state index contributed by atoms with van der Waals surface area (Å²) < 4.78 is 22.9. The van der Waals surface area contributed by atoms with Gasteiger partial charge in [0, 0.05) is 5.75 Å². The van der Waals surface area contributed by atoms with E-state index in [2.05, 4.69) is 4.98 Å². The summed E-state index contributed by atoms with van der Waals surface area (Å²) in [5, 5.41) is 7.89. The smallest absolute Gasteiger partial charge is 0.156 e. The lowest BCUT2D eigenvalue weighted by Gasteiger charge is -1.95. The highest BCUT2D eigenvalue weighted by molar-refractivity contribution is 7.90. The summed E-state index contributed by atoms with van der Waals surface area (Å²) >= 11 is 1.19. The van der Waals surface area contributed by atoms with Crippen LogP contribution in [0.1, 0.15) is 29.4 Å². The first-order valence-electron chi connectivity index (χ1n) is 4.93. The van der Waals surface area contributed by atoms with Crippen LogP contribution in [0.15, 0.2) is 0 Å². The van der Waals surface area contributed by atoms with Crippen molar-refractivity contribution in [3.05, 3.63) is 15.6 Å². The molecule has 1 rings (SSSR count). The van der Waals surface area contributed by atoms with Crippen LogP contribution in [0.5, 0.6) is 0 Å². The van der Waals surface area contributed by atoms with Crippen molar-refractivity contribution in [3.63, 3.8) is 0 Å². The normalized spacial score (nSPS) is 11.6. The monoisotopic (exact) mass is 261 g/mol. The molecule has 3 N–H and O–H groups in total. The third-order valence-electron chi connectivity index (χ3n) is 2.10. The molecule has 5 nitrogen and oxygen atoms in total. The number of thiazole rings is 1. The van der Waals surface area contributed by atoms with Gasteiger partial charge in [-0.05, 0) is 6.42 Å². The van der Waals surface area contributed by atoms with Crippen molar-refractivity contribution in [3.8, 4) is 0 Å². The van der Waals surface area contributed by atoms with E-state index in [1.165, 1.54) is 11.3 Å². The predicted octanol–water partition coefficient (Wildman–Crippen LogP) is 0.924. The number of amidine groups is 1. The van der Waals surface area contributed by atoms with Crippen molar-refractivity contribution in [1.82, 2.24) is 4.98 Å². The molecule has 0 atom stereocenters. The van der Waals surface area contributed by atoms with E-state index in [9.17, 15) is 8.42 Å². The van der Waals surface area contributed by atoms with Crippen molar-refractivity contribution in [2.45, 2.75) is 26.0 Å². The highest BCUT2D eigenvalue weighted by Crippen LogP contribution is 2.20. The molecule has 1 aromatic heterocycles. The number of aromatic nitrogens is 1. The van der Waals surface area contributed by atoms with Crippen LogP contribution in [0.3, 0.4) is 0 Å². The van der Waals surface area contributed by atoms with Crippen molar-refractivity contribution in [2.24, 2.45) is 5.73 Å². The Kier molecular flexibility index (Phi) is 4.03. The summed E-state index contributed by atoms with van der Waals surface area (Å²) in [4.78, 5) is 4.79. The van der Waals surface area contributed by atoms with Crippen LogP contribution in [0, 0.1) is 5.41 Å². The van der Waals surface area contributed by atoms with Gasteiger partial charge in [0.2, 0.25) is 0 Å². The maximum Gasteiger partial charge on any atom is 0.156 e. The molecule has 0 fully saturated rings. The third-order valence-corrected chi connectivity index (χ3v) is 5.01. The number of nitrogen functional groups attached to an aromatic ring is 1. The standard InChI is InChI=1S/C9H15N3O2S2/c1-3-6-8(9(10)11)15-7(12-6)5-16(13,14)4-2/h3-5H2,1-2H3,(H3,10,11). The molecule has 16 heavy (non-hydrogen) atoms.